The van der Waals surface area contributed by atoms with Gasteiger partial charge in [-0.25, -0.2) is 4.98 Å². The zero-order valence-electron chi connectivity index (χ0n) is 19.5. The molecule has 0 radical (unpaired) electrons. The number of aromatic nitrogens is 1. The van der Waals surface area contributed by atoms with Gasteiger partial charge in [-0.2, -0.15) is 0 Å². The maximum atomic E-state index is 12.3. The summed E-state index contributed by atoms with van der Waals surface area (Å²) in [5.41, 5.74) is 3.15. The summed E-state index contributed by atoms with van der Waals surface area (Å²) in [5, 5.41) is 5.11. The third-order valence-corrected chi connectivity index (χ3v) is 5.75. The predicted octanol–water partition coefficient (Wildman–Crippen LogP) is 6.95. The number of halogens is 3. The van der Waals surface area contributed by atoms with Crippen molar-refractivity contribution in [3.63, 3.8) is 0 Å². The van der Waals surface area contributed by atoms with Gasteiger partial charge in [0.25, 0.3) is 0 Å². The number of carbonyl (C=O) groups excluding carboxylic acids is 1. The highest BCUT2D eigenvalue weighted by atomic mass is 32.1. The molecular formula is C27H21F3N2O4S. The number of hydrogen-bond acceptors (Lipinski definition) is 6. The molecule has 0 saturated carbocycles. The van der Waals surface area contributed by atoms with Gasteiger partial charge in [0.2, 0.25) is 5.91 Å². The van der Waals surface area contributed by atoms with Crippen LogP contribution in [-0.2, 0) is 11.4 Å². The molecule has 37 heavy (non-hydrogen) atoms. The topological polar surface area (TPSA) is 69.7 Å². The molecule has 0 aliphatic rings. The Hall–Kier alpha value is -4.31. The number of anilines is 1. The van der Waals surface area contributed by atoms with Crippen LogP contribution in [0.15, 0.2) is 84.3 Å². The lowest BCUT2D eigenvalue weighted by Crippen LogP contribution is -2.17. The SMILES string of the molecule is COc1ccc(-c2csc(NC(=O)/C=C\c3ccc(OCc4ccc(OC(F)(F)F)cc4)cc3)n2)cc1. The first kappa shape index (κ1) is 25.8. The summed E-state index contributed by atoms with van der Waals surface area (Å²) in [6.07, 6.45) is -1.65. The Morgan fingerprint density at radius 2 is 1.59 bits per heavy atom. The van der Waals surface area contributed by atoms with E-state index in [-0.39, 0.29) is 18.3 Å². The molecule has 4 aromatic rings. The number of benzene rings is 3. The van der Waals surface area contributed by atoms with Crippen LogP contribution in [0.1, 0.15) is 11.1 Å². The number of nitrogens with zero attached hydrogens (tertiary/aromatic N) is 1. The lowest BCUT2D eigenvalue weighted by molar-refractivity contribution is -0.274. The van der Waals surface area contributed by atoms with Crippen molar-refractivity contribution in [2.45, 2.75) is 13.0 Å². The first-order valence-corrected chi connectivity index (χ1v) is 11.8. The van der Waals surface area contributed by atoms with Gasteiger partial charge in [0.05, 0.1) is 12.8 Å². The Morgan fingerprint density at radius 1 is 0.946 bits per heavy atom. The number of thiazole rings is 1. The highest BCUT2D eigenvalue weighted by molar-refractivity contribution is 7.14. The van der Waals surface area contributed by atoms with Crippen LogP contribution in [0.25, 0.3) is 17.3 Å². The zero-order valence-corrected chi connectivity index (χ0v) is 20.3. The molecule has 0 atom stereocenters. The molecule has 3 aromatic carbocycles. The van der Waals surface area contributed by atoms with Gasteiger partial charge in [-0.15, -0.1) is 24.5 Å². The molecule has 0 saturated heterocycles. The number of amides is 1. The number of ether oxygens (including phenoxy) is 3. The van der Waals surface area contributed by atoms with E-state index < -0.39 is 6.36 Å². The molecule has 6 nitrogen and oxygen atoms in total. The smallest absolute Gasteiger partial charge is 0.497 e. The summed E-state index contributed by atoms with van der Waals surface area (Å²) >= 11 is 1.33. The van der Waals surface area contributed by atoms with Crippen LogP contribution < -0.4 is 19.5 Å². The standard InChI is InChI=1S/C27H21F3N2O4S/c1-34-21-13-7-20(8-14-21)24-17-37-26(31-24)32-25(33)15-6-18-2-9-22(10-3-18)35-16-19-4-11-23(12-5-19)36-27(28,29)30/h2-15,17H,16H2,1H3,(H,31,32,33)/b15-6-. The zero-order chi connectivity index (χ0) is 26.3. The van der Waals surface area contributed by atoms with Crippen molar-refractivity contribution >= 4 is 28.5 Å². The van der Waals surface area contributed by atoms with E-state index in [2.05, 4.69) is 15.0 Å². The molecule has 1 N–H and O–H groups in total. The van der Waals surface area contributed by atoms with Crippen LogP contribution in [0.2, 0.25) is 0 Å². The second-order valence-electron chi connectivity index (χ2n) is 7.64. The average Bonchev–Trinajstić information content (AvgIpc) is 3.35. The first-order valence-electron chi connectivity index (χ1n) is 10.9. The molecule has 0 spiro atoms. The number of nitrogens with one attached hydrogen (secondary N) is 1. The maximum absolute atomic E-state index is 12.3. The highest BCUT2D eigenvalue weighted by Gasteiger charge is 2.30. The third kappa shape index (κ3) is 7.84. The van der Waals surface area contributed by atoms with Crippen LogP contribution >= 0.6 is 11.3 Å². The van der Waals surface area contributed by atoms with E-state index in [0.717, 1.165) is 22.6 Å². The van der Waals surface area contributed by atoms with Gasteiger partial charge in [0.15, 0.2) is 5.13 Å². The fourth-order valence-electron chi connectivity index (χ4n) is 3.17. The molecule has 4 rings (SSSR count). The van der Waals surface area contributed by atoms with Crippen molar-refractivity contribution in [3.8, 4) is 28.5 Å². The summed E-state index contributed by atoms with van der Waals surface area (Å²) in [7, 11) is 1.60. The van der Waals surface area contributed by atoms with E-state index in [9.17, 15) is 18.0 Å². The minimum Gasteiger partial charge on any atom is -0.497 e. The number of carbonyl (C=O) groups is 1. The average molecular weight is 527 g/mol. The Balaban J connectivity index is 1.26. The summed E-state index contributed by atoms with van der Waals surface area (Å²) in [4.78, 5) is 16.7. The number of methoxy groups -OCH3 is 1. The van der Waals surface area contributed by atoms with Crippen LogP contribution in [0.5, 0.6) is 17.2 Å². The second-order valence-corrected chi connectivity index (χ2v) is 8.50. The van der Waals surface area contributed by atoms with Gasteiger partial charge in [-0.05, 0) is 65.7 Å². The highest BCUT2D eigenvalue weighted by Crippen LogP contribution is 2.27. The Morgan fingerprint density at radius 3 is 2.24 bits per heavy atom. The molecule has 0 aliphatic heterocycles. The van der Waals surface area contributed by atoms with E-state index in [1.807, 2.05) is 29.6 Å². The number of alkyl halides is 3. The van der Waals surface area contributed by atoms with Crippen molar-refractivity contribution in [1.82, 2.24) is 4.98 Å². The van der Waals surface area contributed by atoms with E-state index in [1.165, 1.54) is 41.7 Å². The van der Waals surface area contributed by atoms with Crippen LogP contribution in [0, 0.1) is 0 Å². The van der Waals surface area contributed by atoms with Gasteiger partial charge < -0.3 is 14.2 Å². The normalized spacial score (nSPS) is 11.4. The molecule has 1 heterocycles. The molecule has 10 heteroatoms. The van der Waals surface area contributed by atoms with Crippen molar-refractivity contribution in [1.29, 1.82) is 0 Å². The van der Waals surface area contributed by atoms with Crippen molar-refractivity contribution < 1.29 is 32.2 Å². The molecule has 0 fully saturated rings. The Bertz CT molecular complexity index is 1350. The molecule has 0 aliphatic carbocycles. The van der Waals surface area contributed by atoms with Crippen molar-refractivity contribution in [2.24, 2.45) is 0 Å². The molecule has 1 aromatic heterocycles. The van der Waals surface area contributed by atoms with Crippen molar-refractivity contribution in [3.05, 3.63) is 95.4 Å². The van der Waals surface area contributed by atoms with Gasteiger partial charge in [-0.3, -0.25) is 10.1 Å². The first-order chi connectivity index (χ1) is 17.8. The predicted molar refractivity (Wildman–Crippen MR) is 136 cm³/mol. The molecule has 0 bridgehead atoms. The Kier molecular flexibility index (Phi) is 8.09. The van der Waals surface area contributed by atoms with Gasteiger partial charge in [0.1, 0.15) is 23.9 Å². The van der Waals surface area contributed by atoms with Gasteiger partial charge >= 0.3 is 6.36 Å². The van der Waals surface area contributed by atoms with Crippen molar-refractivity contribution in [2.75, 3.05) is 12.4 Å². The van der Waals surface area contributed by atoms with E-state index >= 15 is 0 Å². The lowest BCUT2D eigenvalue weighted by Gasteiger charge is -2.10. The molecule has 0 unspecified atom stereocenters. The van der Waals surface area contributed by atoms with Gasteiger partial charge in [0, 0.05) is 17.0 Å². The summed E-state index contributed by atoms with van der Waals surface area (Å²) < 4.78 is 51.4. The summed E-state index contributed by atoms with van der Waals surface area (Å²) in [6, 6.07) is 20.0. The second kappa shape index (κ2) is 11.6. The lowest BCUT2D eigenvalue weighted by atomic mass is 10.2. The maximum Gasteiger partial charge on any atom is 0.573 e. The van der Waals surface area contributed by atoms with E-state index in [1.54, 1.807) is 37.5 Å². The Labute approximate surface area is 215 Å². The molecule has 1 amide bonds. The quantitative estimate of drug-likeness (QED) is 0.239. The van der Waals surface area contributed by atoms with Crippen LogP contribution in [0.4, 0.5) is 18.3 Å². The molecule has 190 valence electrons. The van der Waals surface area contributed by atoms with Gasteiger partial charge in [-0.1, -0.05) is 24.3 Å². The summed E-state index contributed by atoms with van der Waals surface area (Å²) in [6.45, 7) is 0.177. The van der Waals surface area contributed by atoms with Crippen LogP contribution in [0.3, 0.4) is 0 Å². The van der Waals surface area contributed by atoms with E-state index in [0.29, 0.717) is 16.4 Å². The largest absolute Gasteiger partial charge is 0.573 e. The third-order valence-electron chi connectivity index (χ3n) is 4.99. The number of hydrogen-bond donors (Lipinski definition) is 1. The summed E-state index contributed by atoms with van der Waals surface area (Å²) in [5.74, 6) is 0.731. The monoisotopic (exact) mass is 526 g/mol. The molecular weight excluding hydrogens is 505 g/mol. The minimum absolute atomic E-state index is 0.177. The fourth-order valence-corrected chi connectivity index (χ4v) is 3.90. The van der Waals surface area contributed by atoms with Crippen LogP contribution in [-0.4, -0.2) is 24.4 Å². The minimum atomic E-state index is -4.73. The van der Waals surface area contributed by atoms with E-state index in [4.69, 9.17) is 9.47 Å². The fraction of sp³-hybridized carbons (Fsp3) is 0.111. The number of rotatable bonds is 9.